The highest BCUT2D eigenvalue weighted by molar-refractivity contribution is 5.72. The zero-order valence-electron chi connectivity index (χ0n) is 9.62. The Morgan fingerprint density at radius 2 is 2.11 bits per heavy atom. The van der Waals surface area contributed by atoms with E-state index in [0.717, 1.165) is 5.69 Å². The maximum Gasteiger partial charge on any atom is 0.277 e. The fraction of sp³-hybridized carbons (Fsp3) is 0.0833. The number of para-hydroxylation sites is 2. The molecule has 0 saturated carbocycles. The highest BCUT2D eigenvalue weighted by atomic mass is 16.5. The number of nitrogens with one attached hydrogen (secondary N) is 1. The molecule has 3 rings (SSSR count). The first kappa shape index (κ1) is 10.5. The second-order valence-electron chi connectivity index (χ2n) is 3.69. The van der Waals surface area contributed by atoms with Crippen molar-refractivity contribution in [2.75, 3.05) is 7.11 Å². The highest BCUT2D eigenvalue weighted by Crippen LogP contribution is 2.23. The third kappa shape index (κ3) is 1.46. The zero-order chi connectivity index (χ0) is 12.5. The van der Waals surface area contributed by atoms with Gasteiger partial charge in [-0.05, 0) is 12.1 Å². The molecule has 2 aromatic heterocycles. The van der Waals surface area contributed by atoms with Crippen LogP contribution in [0, 0.1) is 0 Å². The van der Waals surface area contributed by atoms with E-state index in [-0.39, 0.29) is 5.56 Å². The Morgan fingerprint density at radius 1 is 1.28 bits per heavy atom. The third-order valence-electron chi connectivity index (χ3n) is 2.69. The molecule has 0 aliphatic heterocycles. The first-order valence-electron chi connectivity index (χ1n) is 5.35. The second kappa shape index (κ2) is 3.99. The molecule has 2 heterocycles. The summed E-state index contributed by atoms with van der Waals surface area (Å²) in [5.41, 5.74) is 1.33. The van der Waals surface area contributed by atoms with Crippen molar-refractivity contribution in [3.05, 3.63) is 47.3 Å². The van der Waals surface area contributed by atoms with Crippen LogP contribution >= 0.6 is 0 Å². The molecule has 90 valence electrons. The Kier molecular flexibility index (Phi) is 2.33. The molecule has 0 saturated heterocycles. The van der Waals surface area contributed by atoms with Gasteiger partial charge >= 0.3 is 0 Å². The van der Waals surface area contributed by atoms with Crippen LogP contribution in [0.2, 0.25) is 0 Å². The van der Waals surface area contributed by atoms with Crippen LogP contribution in [0.25, 0.3) is 16.9 Å². The van der Waals surface area contributed by atoms with E-state index in [1.54, 1.807) is 18.0 Å². The summed E-state index contributed by atoms with van der Waals surface area (Å²) in [6, 6.07) is 7.41. The number of aromatic amines is 1. The average molecular weight is 242 g/mol. The minimum atomic E-state index is -0.233. The van der Waals surface area contributed by atoms with Crippen molar-refractivity contribution in [3.63, 3.8) is 0 Å². The molecule has 18 heavy (non-hydrogen) atoms. The first-order valence-corrected chi connectivity index (χ1v) is 5.35. The van der Waals surface area contributed by atoms with E-state index in [2.05, 4.69) is 15.0 Å². The minimum absolute atomic E-state index is 0.233. The monoisotopic (exact) mass is 242 g/mol. The first-order chi connectivity index (χ1) is 8.81. The molecule has 6 nitrogen and oxygen atoms in total. The predicted octanol–water partition coefficient (Wildman–Crippen LogP) is 1.12. The minimum Gasteiger partial charge on any atom is -0.495 e. The molecule has 0 aliphatic carbocycles. The number of fused-ring (bicyclic) bond motifs is 1. The van der Waals surface area contributed by atoms with Gasteiger partial charge in [0.15, 0.2) is 11.2 Å². The van der Waals surface area contributed by atoms with Crippen molar-refractivity contribution in [1.82, 2.24) is 19.5 Å². The molecule has 6 heteroatoms. The Labute approximate surface area is 102 Å². The molecule has 0 aliphatic rings. The molecule has 3 aromatic rings. The van der Waals surface area contributed by atoms with Crippen LogP contribution in [-0.2, 0) is 0 Å². The normalized spacial score (nSPS) is 10.7. The molecular weight excluding hydrogens is 232 g/mol. The van der Waals surface area contributed by atoms with Crippen molar-refractivity contribution in [3.8, 4) is 11.4 Å². The Morgan fingerprint density at radius 3 is 2.94 bits per heavy atom. The molecule has 0 fully saturated rings. The maximum absolute atomic E-state index is 11.8. The van der Waals surface area contributed by atoms with Crippen LogP contribution < -0.4 is 10.3 Å². The maximum atomic E-state index is 11.8. The number of methoxy groups -OCH3 is 1. The summed E-state index contributed by atoms with van der Waals surface area (Å²) in [7, 11) is 1.58. The number of hydrogen-bond acceptors (Lipinski definition) is 4. The number of rotatable bonds is 2. The summed E-state index contributed by atoms with van der Waals surface area (Å²) in [5, 5.41) is 0. The summed E-state index contributed by atoms with van der Waals surface area (Å²) in [6.45, 7) is 0. The molecule has 1 N–H and O–H groups in total. The number of nitrogens with zero attached hydrogens (tertiary/aromatic N) is 3. The Balaban J connectivity index is 2.36. The fourth-order valence-corrected chi connectivity index (χ4v) is 1.88. The van der Waals surface area contributed by atoms with Gasteiger partial charge in [0.05, 0.1) is 19.1 Å². The second-order valence-corrected chi connectivity index (χ2v) is 3.69. The van der Waals surface area contributed by atoms with Crippen LogP contribution in [-0.4, -0.2) is 26.6 Å². The fourth-order valence-electron chi connectivity index (χ4n) is 1.88. The van der Waals surface area contributed by atoms with Gasteiger partial charge in [-0.2, -0.15) is 0 Å². The molecule has 0 bridgehead atoms. The lowest BCUT2D eigenvalue weighted by Gasteiger charge is -2.08. The zero-order valence-corrected chi connectivity index (χ0v) is 9.62. The summed E-state index contributed by atoms with van der Waals surface area (Å²) < 4.78 is 6.94. The summed E-state index contributed by atoms with van der Waals surface area (Å²) in [6.07, 6.45) is 2.90. The Bertz CT molecular complexity index is 760. The van der Waals surface area contributed by atoms with E-state index >= 15 is 0 Å². The van der Waals surface area contributed by atoms with Gasteiger partial charge in [0, 0.05) is 0 Å². The summed E-state index contributed by atoms with van der Waals surface area (Å²) in [4.78, 5) is 22.5. The quantitative estimate of drug-likeness (QED) is 0.730. The van der Waals surface area contributed by atoms with Gasteiger partial charge in [-0.1, -0.05) is 12.1 Å². The van der Waals surface area contributed by atoms with E-state index < -0.39 is 0 Å². The largest absolute Gasteiger partial charge is 0.495 e. The van der Waals surface area contributed by atoms with Gasteiger partial charge in [0.2, 0.25) is 0 Å². The number of benzene rings is 1. The smallest absolute Gasteiger partial charge is 0.277 e. The van der Waals surface area contributed by atoms with Crippen LogP contribution in [0.3, 0.4) is 0 Å². The van der Waals surface area contributed by atoms with E-state index in [1.807, 2.05) is 24.3 Å². The van der Waals surface area contributed by atoms with Crippen LogP contribution in [0.1, 0.15) is 0 Å². The molecule has 0 radical (unpaired) electrons. The summed E-state index contributed by atoms with van der Waals surface area (Å²) >= 11 is 0. The van der Waals surface area contributed by atoms with Crippen molar-refractivity contribution in [2.24, 2.45) is 0 Å². The van der Waals surface area contributed by atoms with Gasteiger partial charge in [0.1, 0.15) is 12.1 Å². The lowest BCUT2D eigenvalue weighted by atomic mass is 10.3. The third-order valence-corrected chi connectivity index (χ3v) is 2.69. The number of hydrogen-bond donors (Lipinski definition) is 1. The lowest BCUT2D eigenvalue weighted by Crippen LogP contribution is -2.10. The molecule has 0 spiro atoms. The topological polar surface area (TPSA) is 72.8 Å². The van der Waals surface area contributed by atoms with Crippen molar-refractivity contribution >= 4 is 11.2 Å². The van der Waals surface area contributed by atoms with Crippen LogP contribution in [0.15, 0.2) is 41.7 Å². The SMILES string of the molecule is COc1ccccc1-n1cnc2nc[nH]c(=O)c21. The number of H-pyrrole nitrogens is 1. The van der Waals surface area contributed by atoms with Gasteiger partial charge in [0.25, 0.3) is 5.56 Å². The predicted molar refractivity (Wildman–Crippen MR) is 66.0 cm³/mol. The van der Waals surface area contributed by atoms with Gasteiger partial charge in [-0.25, -0.2) is 9.97 Å². The van der Waals surface area contributed by atoms with Crippen LogP contribution in [0.5, 0.6) is 5.75 Å². The van der Waals surface area contributed by atoms with Crippen molar-refractivity contribution < 1.29 is 4.74 Å². The standard InChI is InChI=1S/C12H10N4O2/c1-18-9-5-3-2-4-8(9)16-7-15-11-10(16)12(17)14-6-13-11/h2-7H,1H3,(H,13,14,17). The van der Waals surface area contributed by atoms with Crippen molar-refractivity contribution in [1.29, 1.82) is 0 Å². The average Bonchev–Trinajstić information content (AvgIpc) is 2.84. The van der Waals surface area contributed by atoms with E-state index in [4.69, 9.17) is 4.74 Å². The Hall–Kier alpha value is -2.63. The van der Waals surface area contributed by atoms with Gasteiger partial charge in [-0.15, -0.1) is 0 Å². The lowest BCUT2D eigenvalue weighted by molar-refractivity contribution is 0.413. The van der Waals surface area contributed by atoms with Crippen LogP contribution in [0.4, 0.5) is 0 Å². The van der Waals surface area contributed by atoms with Gasteiger partial charge < -0.3 is 9.72 Å². The summed E-state index contributed by atoms with van der Waals surface area (Å²) in [5.74, 6) is 0.667. The highest BCUT2D eigenvalue weighted by Gasteiger charge is 2.12. The van der Waals surface area contributed by atoms with E-state index in [0.29, 0.717) is 16.9 Å². The van der Waals surface area contributed by atoms with Crippen molar-refractivity contribution in [2.45, 2.75) is 0 Å². The molecule has 0 atom stereocenters. The van der Waals surface area contributed by atoms with Gasteiger partial charge in [-0.3, -0.25) is 9.36 Å². The number of imidazole rings is 1. The molecule has 0 amide bonds. The van der Waals surface area contributed by atoms with E-state index in [9.17, 15) is 4.79 Å². The number of ether oxygens (including phenoxy) is 1. The van der Waals surface area contributed by atoms with E-state index in [1.165, 1.54) is 6.33 Å². The molecular formula is C12H10N4O2. The number of aromatic nitrogens is 4. The molecule has 0 unspecified atom stereocenters. The molecule has 1 aromatic carbocycles.